The summed E-state index contributed by atoms with van der Waals surface area (Å²) in [6.07, 6.45) is 8.58. The molecule has 0 amide bonds. The molecule has 3 aliphatic rings. The van der Waals surface area contributed by atoms with Crippen molar-refractivity contribution in [3.8, 4) is 0 Å². The maximum atomic E-state index is 14.3. The molecule has 3 fully saturated rings. The number of carbonyl (C=O) groups excluding carboxylic acids is 1. The van der Waals surface area contributed by atoms with Crippen LogP contribution in [0.5, 0.6) is 0 Å². The van der Waals surface area contributed by atoms with E-state index in [-0.39, 0.29) is 17.3 Å². The molecule has 0 spiro atoms. The van der Waals surface area contributed by atoms with E-state index in [0.29, 0.717) is 17.5 Å². The number of carbonyl (C=O) groups is 1. The van der Waals surface area contributed by atoms with Gasteiger partial charge in [0.15, 0.2) is 5.78 Å². The molecule has 1 aromatic heterocycles. The number of rotatable bonds is 8. The second-order valence-electron chi connectivity index (χ2n) is 9.15. The highest BCUT2D eigenvalue weighted by atomic mass is 35.5. The van der Waals surface area contributed by atoms with E-state index in [0.717, 1.165) is 68.7 Å². The van der Waals surface area contributed by atoms with Gasteiger partial charge in [0, 0.05) is 19.0 Å². The fourth-order valence-corrected chi connectivity index (χ4v) is 4.88. The number of halogens is 2. The number of hydrogen-bond acceptors (Lipinski definition) is 5. The molecule has 2 atom stereocenters. The van der Waals surface area contributed by atoms with E-state index in [1.807, 2.05) is 6.07 Å². The molecule has 5 rings (SSSR count). The molecule has 164 valence electrons. The standard InChI is InChI=1S/C24H27ClFN3O2/c25-19-11-27-24(28-12-19)29-7-5-16(6-8-29)21-10-18(21)14-31-13-15-1-4-20(22(26)9-15)23(30)17-2-3-17/h1,4,9,11-12,16-18,21H,2-3,5-8,10,13-14H2/t18-,21+/m0/s1. The van der Waals surface area contributed by atoms with Crippen molar-refractivity contribution in [3.63, 3.8) is 0 Å². The monoisotopic (exact) mass is 443 g/mol. The molecule has 2 saturated carbocycles. The number of piperidine rings is 1. The molecule has 0 bridgehead atoms. The molecule has 31 heavy (non-hydrogen) atoms. The van der Waals surface area contributed by atoms with Gasteiger partial charge in [0.05, 0.1) is 36.2 Å². The lowest BCUT2D eigenvalue weighted by Crippen LogP contribution is -2.35. The summed E-state index contributed by atoms with van der Waals surface area (Å²) in [6.45, 7) is 3.06. The van der Waals surface area contributed by atoms with Crippen molar-refractivity contribution in [2.75, 3.05) is 24.6 Å². The zero-order valence-corrected chi connectivity index (χ0v) is 18.2. The molecule has 5 nitrogen and oxygen atoms in total. The van der Waals surface area contributed by atoms with Gasteiger partial charge < -0.3 is 9.64 Å². The minimum absolute atomic E-state index is 0.0361. The summed E-state index contributed by atoms with van der Waals surface area (Å²) in [7, 11) is 0. The fraction of sp³-hybridized carbons (Fsp3) is 0.542. The van der Waals surface area contributed by atoms with Crippen LogP contribution in [0.1, 0.15) is 48.0 Å². The van der Waals surface area contributed by atoms with Crippen molar-refractivity contribution >= 4 is 23.3 Å². The Hall–Kier alpha value is -2.05. The van der Waals surface area contributed by atoms with Crippen molar-refractivity contribution in [2.24, 2.45) is 23.7 Å². The fourth-order valence-electron chi connectivity index (χ4n) is 4.78. The normalized spacial score (nSPS) is 23.7. The average Bonchev–Trinajstić information content (AvgIpc) is 3.69. The molecule has 2 heterocycles. The van der Waals surface area contributed by atoms with Gasteiger partial charge in [-0.1, -0.05) is 17.7 Å². The number of anilines is 1. The third kappa shape index (κ3) is 4.90. The van der Waals surface area contributed by atoms with E-state index in [4.69, 9.17) is 16.3 Å². The first-order valence-corrected chi connectivity index (χ1v) is 11.6. The second-order valence-corrected chi connectivity index (χ2v) is 9.59. The summed E-state index contributed by atoms with van der Waals surface area (Å²) in [4.78, 5) is 22.9. The molecule has 0 unspecified atom stereocenters. The predicted molar refractivity (Wildman–Crippen MR) is 117 cm³/mol. The first kappa shape index (κ1) is 20.8. The van der Waals surface area contributed by atoms with E-state index in [2.05, 4.69) is 14.9 Å². The first-order chi connectivity index (χ1) is 15.1. The molecule has 1 saturated heterocycles. The SMILES string of the molecule is O=C(c1ccc(COC[C@@H]2C[C@@H]2C2CCN(c3ncc(Cl)cn3)CC2)cc1F)C1CC1. The van der Waals surface area contributed by atoms with Crippen LogP contribution >= 0.6 is 11.6 Å². The van der Waals surface area contributed by atoms with Crippen molar-refractivity contribution in [1.82, 2.24) is 9.97 Å². The van der Waals surface area contributed by atoms with Gasteiger partial charge in [-0.3, -0.25) is 4.79 Å². The number of benzene rings is 1. The summed E-state index contributed by atoms with van der Waals surface area (Å²) >= 11 is 5.87. The van der Waals surface area contributed by atoms with Crippen LogP contribution in [0.4, 0.5) is 10.3 Å². The summed E-state index contributed by atoms with van der Waals surface area (Å²) in [5, 5.41) is 0.560. The summed E-state index contributed by atoms with van der Waals surface area (Å²) < 4.78 is 20.2. The number of Topliss-reactive ketones (excluding diaryl/α,β-unsaturated/α-hetero) is 1. The van der Waals surface area contributed by atoms with Gasteiger partial charge in [-0.25, -0.2) is 14.4 Å². The highest BCUT2D eigenvalue weighted by molar-refractivity contribution is 6.30. The van der Waals surface area contributed by atoms with Crippen LogP contribution in [-0.4, -0.2) is 35.4 Å². The Kier molecular flexibility index (Phi) is 5.93. The van der Waals surface area contributed by atoms with E-state index in [9.17, 15) is 9.18 Å². The van der Waals surface area contributed by atoms with Crippen LogP contribution in [0.25, 0.3) is 0 Å². The van der Waals surface area contributed by atoms with E-state index >= 15 is 0 Å². The van der Waals surface area contributed by atoms with Gasteiger partial charge in [-0.05, 0) is 67.6 Å². The highest BCUT2D eigenvalue weighted by Gasteiger charge is 2.43. The molecule has 0 N–H and O–H groups in total. The summed E-state index contributed by atoms with van der Waals surface area (Å²) in [5.74, 6) is 2.37. The van der Waals surface area contributed by atoms with Gasteiger partial charge in [-0.15, -0.1) is 0 Å². The minimum atomic E-state index is -0.418. The minimum Gasteiger partial charge on any atom is -0.376 e. The molecule has 2 aromatic rings. The molecule has 1 aromatic carbocycles. The zero-order chi connectivity index (χ0) is 21.4. The van der Waals surface area contributed by atoms with Gasteiger partial charge >= 0.3 is 0 Å². The van der Waals surface area contributed by atoms with Crippen LogP contribution in [0.2, 0.25) is 5.02 Å². The second kappa shape index (κ2) is 8.83. The number of ether oxygens (including phenoxy) is 1. The van der Waals surface area contributed by atoms with Gasteiger partial charge in [0.1, 0.15) is 5.82 Å². The quantitative estimate of drug-likeness (QED) is 0.541. The van der Waals surface area contributed by atoms with Crippen LogP contribution in [0.3, 0.4) is 0 Å². The Bertz CT molecular complexity index is 942. The van der Waals surface area contributed by atoms with Crippen LogP contribution in [0, 0.1) is 29.5 Å². The van der Waals surface area contributed by atoms with Crippen LogP contribution < -0.4 is 4.90 Å². The van der Waals surface area contributed by atoms with Gasteiger partial charge in [0.25, 0.3) is 0 Å². The van der Waals surface area contributed by atoms with Crippen molar-refractivity contribution in [3.05, 3.63) is 52.6 Å². The Morgan fingerprint density at radius 3 is 2.58 bits per heavy atom. The summed E-state index contributed by atoms with van der Waals surface area (Å²) in [6, 6.07) is 4.89. The number of aromatic nitrogens is 2. The Labute approximate surface area is 187 Å². The van der Waals surface area contributed by atoms with Crippen molar-refractivity contribution in [2.45, 2.75) is 38.7 Å². The maximum Gasteiger partial charge on any atom is 0.225 e. The number of nitrogens with zero attached hydrogens (tertiary/aromatic N) is 3. The largest absolute Gasteiger partial charge is 0.376 e. The topological polar surface area (TPSA) is 55.3 Å². The lowest BCUT2D eigenvalue weighted by atomic mass is 9.91. The Morgan fingerprint density at radius 1 is 1.16 bits per heavy atom. The van der Waals surface area contributed by atoms with E-state index in [1.165, 1.54) is 12.5 Å². The lowest BCUT2D eigenvalue weighted by Gasteiger charge is -2.32. The number of ketones is 1. The lowest BCUT2D eigenvalue weighted by molar-refractivity contribution is 0.0961. The van der Waals surface area contributed by atoms with E-state index in [1.54, 1.807) is 18.5 Å². The van der Waals surface area contributed by atoms with E-state index < -0.39 is 5.82 Å². The third-order valence-electron chi connectivity index (χ3n) is 6.86. The maximum absolute atomic E-state index is 14.3. The molecule has 2 aliphatic carbocycles. The molecule has 1 aliphatic heterocycles. The Morgan fingerprint density at radius 2 is 1.90 bits per heavy atom. The average molecular weight is 444 g/mol. The van der Waals surface area contributed by atoms with Crippen molar-refractivity contribution < 1.29 is 13.9 Å². The first-order valence-electron chi connectivity index (χ1n) is 11.2. The predicted octanol–water partition coefficient (Wildman–Crippen LogP) is 4.93. The Balaban J connectivity index is 1.04. The van der Waals surface area contributed by atoms with Gasteiger partial charge in [-0.2, -0.15) is 0 Å². The highest BCUT2D eigenvalue weighted by Crippen LogP contribution is 2.48. The van der Waals surface area contributed by atoms with Gasteiger partial charge in [0.2, 0.25) is 5.95 Å². The van der Waals surface area contributed by atoms with Crippen LogP contribution in [0.15, 0.2) is 30.6 Å². The molecular formula is C24H27ClFN3O2. The molecule has 0 radical (unpaired) electrons. The molecule has 7 heteroatoms. The van der Waals surface area contributed by atoms with Crippen LogP contribution in [-0.2, 0) is 11.3 Å². The summed E-state index contributed by atoms with van der Waals surface area (Å²) in [5.41, 5.74) is 1.02. The smallest absolute Gasteiger partial charge is 0.225 e. The zero-order valence-electron chi connectivity index (χ0n) is 17.5. The van der Waals surface area contributed by atoms with Crippen molar-refractivity contribution in [1.29, 1.82) is 0 Å². The number of hydrogen-bond donors (Lipinski definition) is 0. The molecular weight excluding hydrogens is 417 g/mol. The third-order valence-corrected chi connectivity index (χ3v) is 7.05.